The summed E-state index contributed by atoms with van der Waals surface area (Å²) in [6, 6.07) is 11.5. The molecule has 0 atom stereocenters. The standard InChI is InChI=1S/C22H28N2O5S/c1-16-9-11-24(12-10-16)30(26,27)19-6-4-5-17(13-19)21(25)15-23-20-8-7-18(28-2)14-22(20)29-3/h4-8,13-14,16,23H,9-12,15H2,1-3H3. The zero-order chi connectivity index (χ0) is 21.7. The zero-order valence-corrected chi connectivity index (χ0v) is 18.4. The van der Waals surface area contributed by atoms with Crippen LogP contribution in [0.15, 0.2) is 47.4 Å². The predicted octanol–water partition coefficient (Wildman–Crippen LogP) is 3.42. The van der Waals surface area contributed by atoms with Gasteiger partial charge in [-0.2, -0.15) is 4.31 Å². The fourth-order valence-electron chi connectivity index (χ4n) is 3.43. The lowest BCUT2D eigenvalue weighted by atomic mass is 10.0. The van der Waals surface area contributed by atoms with E-state index in [0.717, 1.165) is 12.8 Å². The molecule has 0 amide bonds. The Balaban J connectivity index is 1.72. The summed E-state index contributed by atoms with van der Waals surface area (Å²) in [4.78, 5) is 12.9. The fraction of sp³-hybridized carbons (Fsp3) is 0.409. The van der Waals surface area contributed by atoms with E-state index in [-0.39, 0.29) is 17.2 Å². The summed E-state index contributed by atoms with van der Waals surface area (Å²) in [5.74, 6) is 1.52. The number of nitrogens with zero attached hydrogens (tertiary/aromatic N) is 1. The van der Waals surface area contributed by atoms with Crippen LogP contribution in [-0.2, 0) is 10.0 Å². The van der Waals surface area contributed by atoms with E-state index in [0.29, 0.717) is 41.8 Å². The zero-order valence-electron chi connectivity index (χ0n) is 17.6. The number of sulfonamides is 1. The second kappa shape index (κ2) is 9.49. The smallest absolute Gasteiger partial charge is 0.243 e. The Morgan fingerprint density at radius 2 is 1.83 bits per heavy atom. The van der Waals surface area contributed by atoms with Crippen molar-refractivity contribution in [2.45, 2.75) is 24.7 Å². The van der Waals surface area contributed by atoms with Crippen LogP contribution in [0.4, 0.5) is 5.69 Å². The highest BCUT2D eigenvalue weighted by Gasteiger charge is 2.28. The van der Waals surface area contributed by atoms with Gasteiger partial charge in [0.15, 0.2) is 5.78 Å². The lowest BCUT2D eigenvalue weighted by Crippen LogP contribution is -2.37. The van der Waals surface area contributed by atoms with Crippen molar-refractivity contribution in [2.75, 3.05) is 39.2 Å². The van der Waals surface area contributed by atoms with Gasteiger partial charge in [-0.05, 0) is 43.0 Å². The van der Waals surface area contributed by atoms with Crippen LogP contribution in [0.2, 0.25) is 0 Å². The summed E-state index contributed by atoms with van der Waals surface area (Å²) in [7, 11) is -0.495. The SMILES string of the molecule is COc1ccc(NCC(=O)c2cccc(S(=O)(=O)N3CCC(C)CC3)c2)c(OC)c1. The Labute approximate surface area is 178 Å². The summed E-state index contributed by atoms with van der Waals surface area (Å²) in [6.07, 6.45) is 1.71. The first kappa shape index (κ1) is 22.1. The molecule has 1 N–H and O–H groups in total. The number of benzene rings is 2. The van der Waals surface area contributed by atoms with E-state index in [1.807, 2.05) is 0 Å². The van der Waals surface area contributed by atoms with Gasteiger partial charge in [-0.25, -0.2) is 8.42 Å². The highest BCUT2D eigenvalue weighted by atomic mass is 32.2. The van der Waals surface area contributed by atoms with Crippen LogP contribution in [0, 0.1) is 5.92 Å². The van der Waals surface area contributed by atoms with Gasteiger partial charge in [0.25, 0.3) is 0 Å². The van der Waals surface area contributed by atoms with E-state index in [2.05, 4.69) is 12.2 Å². The third-order valence-electron chi connectivity index (χ3n) is 5.38. The Bertz CT molecular complexity index is 998. The molecule has 0 radical (unpaired) electrons. The average Bonchev–Trinajstić information content (AvgIpc) is 2.77. The number of hydrogen-bond donors (Lipinski definition) is 1. The first-order valence-corrected chi connectivity index (χ1v) is 11.4. The Hall–Kier alpha value is -2.58. The topological polar surface area (TPSA) is 84.9 Å². The van der Waals surface area contributed by atoms with Gasteiger partial charge in [0.1, 0.15) is 11.5 Å². The quantitative estimate of drug-likeness (QED) is 0.644. The van der Waals surface area contributed by atoms with Crippen LogP contribution in [0.3, 0.4) is 0 Å². The number of anilines is 1. The normalized spacial score (nSPS) is 15.6. The number of ether oxygens (including phenoxy) is 2. The van der Waals surface area contributed by atoms with Gasteiger partial charge in [-0.3, -0.25) is 4.79 Å². The molecule has 3 rings (SSSR count). The Morgan fingerprint density at radius 3 is 2.50 bits per heavy atom. The van der Waals surface area contributed by atoms with Gasteiger partial charge in [0.2, 0.25) is 10.0 Å². The number of carbonyl (C=O) groups is 1. The second-order valence-electron chi connectivity index (χ2n) is 7.46. The van der Waals surface area contributed by atoms with E-state index in [1.165, 1.54) is 17.5 Å². The van der Waals surface area contributed by atoms with E-state index in [1.54, 1.807) is 43.5 Å². The molecule has 7 nitrogen and oxygen atoms in total. The van der Waals surface area contributed by atoms with Gasteiger partial charge in [0, 0.05) is 24.7 Å². The molecule has 0 spiro atoms. The molecule has 0 aliphatic carbocycles. The van der Waals surface area contributed by atoms with Crippen molar-refractivity contribution in [3.8, 4) is 11.5 Å². The van der Waals surface area contributed by atoms with E-state index in [4.69, 9.17) is 9.47 Å². The maximum Gasteiger partial charge on any atom is 0.243 e. The van der Waals surface area contributed by atoms with Gasteiger partial charge in [0.05, 0.1) is 31.3 Å². The first-order valence-electron chi connectivity index (χ1n) is 9.94. The average molecular weight is 433 g/mol. The molecule has 30 heavy (non-hydrogen) atoms. The minimum atomic E-state index is -3.60. The largest absolute Gasteiger partial charge is 0.497 e. The highest BCUT2D eigenvalue weighted by molar-refractivity contribution is 7.89. The minimum absolute atomic E-state index is 0.00736. The Kier molecular flexibility index (Phi) is 6.99. The van der Waals surface area contributed by atoms with Crippen molar-refractivity contribution >= 4 is 21.5 Å². The molecule has 0 saturated carbocycles. The first-order chi connectivity index (χ1) is 14.3. The lowest BCUT2D eigenvalue weighted by molar-refractivity contribution is 0.101. The molecule has 0 unspecified atom stereocenters. The lowest BCUT2D eigenvalue weighted by Gasteiger charge is -2.29. The monoisotopic (exact) mass is 432 g/mol. The second-order valence-corrected chi connectivity index (χ2v) is 9.40. The number of carbonyl (C=O) groups excluding carboxylic acids is 1. The number of rotatable bonds is 8. The third kappa shape index (κ3) is 4.94. The van der Waals surface area contributed by atoms with Gasteiger partial charge in [-0.1, -0.05) is 19.1 Å². The molecule has 2 aromatic carbocycles. The predicted molar refractivity (Wildman–Crippen MR) is 116 cm³/mol. The van der Waals surface area contributed by atoms with Gasteiger partial charge in [-0.15, -0.1) is 0 Å². The maximum atomic E-state index is 13.0. The molecule has 0 aromatic heterocycles. The van der Waals surface area contributed by atoms with Crippen molar-refractivity contribution in [1.82, 2.24) is 4.31 Å². The molecule has 1 fully saturated rings. The number of ketones is 1. The molecule has 1 saturated heterocycles. The number of methoxy groups -OCH3 is 2. The molecule has 1 heterocycles. The van der Waals surface area contributed by atoms with Crippen LogP contribution in [0.1, 0.15) is 30.1 Å². The van der Waals surface area contributed by atoms with Gasteiger partial charge < -0.3 is 14.8 Å². The van der Waals surface area contributed by atoms with E-state index < -0.39 is 10.0 Å². The molecule has 1 aliphatic rings. The third-order valence-corrected chi connectivity index (χ3v) is 7.28. The number of hydrogen-bond acceptors (Lipinski definition) is 6. The molecular weight excluding hydrogens is 404 g/mol. The summed E-state index contributed by atoms with van der Waals surface area (Å²) in [6.45, 7) is 3.17. The van der Waals surface area contributed by atoms with Crippen LogP contribution in [-0.4, -0.2) is 52.4 Å². The van der Waals surface area contributed by atoms with Crippen molar-refractivity contribution in [2.24, 2.45) is 5.92 Å². The molecule has 162 valence electrons. The number of Topliss-reactive ketones (excluding diaryl/α,β-unsaturated/α-hetero) is 1. The minimum Gasteiger partial charge on any atom is -0.497 e. The molecule has 0 bridgehead atoms. The van der Waals surface area contributed by atoms with Crippen molar-refractivity contribution < 1.29 is 22.7 Å². The van der Waals surface area contributed by atoms with Crippen LogP contribution in [0.25, 0.3) is 0 Å². The Morgan fingerprint density at radius 1 is 1.10 bits per heavy atom. The van der Waals surface area contributed by atoms with Crippen molar-refractivity contribution in [1.29, 1.82) is 0 Å². The van der Waals surface area contributed by atoms with E-state index >= 15 is 0 Å². The fourth-order valence-corrected chi connectivity index (χ4v) is 4.94. The highest BCUT2D eigenvalue weighted by Crippen LogP contribution is 2.29. The van der Waals surface area contributed by atoms with Crippen LogP contribution in [0.5, 0.6) is 11.5 Å². The molecule has 8 heteroatoms. The molecule has 1 aliphatic heterocycles. The summed E-state index contributed by atoms with van der Waals surface area (Å²) >= 11 is 0. The number of piperidine rings is 1. The van der Waals surface area contributed by atoms with Gasteiger partial charge >= 0.3 is 0 Å². The summed E-state index contributed by atoms with van der Waals surface area (Å²) < 4.78 is 37.9. The van der Waals surface area contributed by atoms with Crippen LogP contribution < -0.4 is 14.8 Å². The summed E-state index contributed by atoms with van der Waals surface area (Å²) in [5, 5.41) is 3.05. The number of nitrogens with one attached hydrogen (secondary N) is 1. The van der Waals surface area contributed by atoms with E-state index in [9.17, 15) is 13.2 Å². The molecular formula is C22H28N2O5S. The van der Waals surface area contributed by atoms with Crippen molar-refractivity contribution in [3.63, 3.8) is 0 Å². The molecule has 2 aromatic rings. The maximum absolute atomic E-state index is 13.0. The van der Waals surface area contributed by atoms with Crippen molar-refractivity contribution in [3.05, 3.63) is 48.0 Å². The summed E-state index contributed by atoms with van der Waals surface area (Å²) in [5.41, 5.74) is 0.999. The van der Waals surface area contributed by atoms with Crippen LogP contribution >= 0.6 is 0 Å².